The third-order valence-electron chi connectivity index (χ3n) is 4.16. The van der Waals surface area contributed by atoms with Crippen LogP contribution < -0.4 is 5.73 Å². The lowest BCUT2D eigenvalue weighted by Gasteiger charge is -2.36. The summed E-state index contributed by atoms with van der Waals surface area (Å²) in [7, 11) is 1.96. The van der Waals surface area contributed by atoms with E-state index in [1.165, 1.54) is 37.7 Å². The van der Waals surface area contributed by atoms with Gasteiger partial charge in [0.25, 0.3) is 0 Å². The molecule has 1 aromatic heterocycles. The Morgan fingerprint density at radius 1 is 1.41 bits per heavy atom. The summed E-state index contributed by atoms with van der Waals surface area (Å²) in [5, 5.41) is 4.26. The highest BCUT2D eigenvalue weighted by molar-refractivity contribution is 5.15. The van der Waals surface area contributed by atoms with Crippen molar-refractivity contribution < 1.29 is 0 Å². The second-order valence-electron chi connectivity index (χ2n) is 6.09. The maximum Gasteiger partial charge on any atom is 0.0537 e. The van der Waals surface area contributed by atoms with Crippen LogP contribution in [-0.2, 0) is 7.05 Å². The van der Waals surface area contributed by atoms with E-state index in [1.807, 2.05) is 17.9 Å². The van der Waals surface area contributed by atoms with E-state index >= 15 is 0 Å². The number of hydrogen-bond donors (Lipinski definition) is 1. The number of aryl methyl sites for hydroxylation is 1. The summed E-state index contributed by atoms with van der Waals surface area (Å²) >= 11 is 0. The Labute approximate surface area is 104 Å². The molecule has 0 aromatic carbocycles. The second-order valence-corrected chi connectivity index (χ2v) is 6.09. The minimum atomic E-state index is 0.154. The maximum absolute atomic E-state index is 6.54. The molecule has 1 aliphatic carbocycles. The zero-order valence-electron chi connectivity index (χ0n) is 11.3. The van der Waals surface area contributed by atoms with Gasteiger partial charge in [0.15, 0.2) is 0 Å². The maximum atomic E-state index is 6.54. The van der Waals surface area contributed by atoms with Crippen molar-refractivity contribution in [1.82, 2.24) is 9.78 Å². The van der Waals surface area contributed by atoms with Crippen LogP contribution in [0.15, 0.2) is 12.4 Å². The van der Waals surface area contributed by atoms with Crippen LogP contribution in [-0.4, -0.2) is 9.78 Å². The molecule has 1 fully saturated rings. The average molecular weight is 235 g/mol. The van der Waals surface area contributed by atoms with Gasteiger partial charge in [0.2, 0.25) is 0 Å². The Morgan fingerprint density at radius 2 is 2.06 bits per heavy atom. The van der Waals surface area contributed by atoms with Crippen molar-refractivity contribution in [2.75, 3.05) is 0 Å². The molecule has 3 heteroatoms. The molecule has 96 valence electrons. The molecule has 1 aromatic rings. The summed E-state index contributed by atoms with van der Waals surface area (Å²) in [6, 6.07) is 0.154. The molecule has 0 bridgehead atoms. The standard InChI is InChI=1S/C14H25N3/c1-11(2)8-14(6-4-5-7-14)13(15)12-9-16-17(3)10-12/h9-11,13H,4-8,15H2,1-3H3. The summed E-state index contributed by atoms with van der Waals surface area (Å²) in [5.41, 5.74) is 8.06. The fraction of sp³-hybridized carbons (Fsp3) is 0.786. The van der Waals surface area contributed by atoms with Gasteiger partial charge in [0, 0.05) is 24.8 Å². The highest BCUT2D eigenvalue weighted by Gasteiger charge is 2.40. The van der Waals surface area contributed by atoms with Crippen molar-refractivity contribution in [2.24, 2.45) is 24.1 Å². The van der Waals surface area contributed by atoms with E-state index in [1.54, 1.807) is 0 Å². The number of hydrogen-bond acceptors (Lipinski definition) is 2. The first-order chi connectivity index (χ1) is 8.03. The molecule has 2 rings (SSSR count). The fourth-order valence-corrected chi connectivity index (χ4v) is 3.49. The van der Waals surface area contributed by atoms with E-state index in [0.29, 0.717) is 5.41 Å². The van der Waals surface area contributed by atoms with Gasteiger partial charge in [-0.3, -0.25) is 4.68 Å². The lowest BCUT2D eigenvalue weighted by Crippen LogP contribution is -2.33. The van der Waals surface area contributed by atoms with Gasteiger partial charge in [0.05, 0.1) is 6.20 Å². The smallest absolute Gasteiger partial charge is 0.0537 e. The number of nitrogens with two attached hydrogens (primary N) is 1. The molecule has 1 saturated carbocycles. The first-order valence-electron chi connectivity index (χ1n) is 6.78. The van der Waals surface area contributed by atoms with Crippen molar-refractivity contribution >= 4 is 0 Å². The minimum absolute atomic E-state index is 0.154. The van der Waals surface area contributed by atoms with Crippen LogP contribution in [0.3, 0.4) is 0 Å². The monoisotopic (exact) mass is 235 g/mol. The molecule has 1 unspecified atom stereocenters. The SMILES string of the molecule is CC(C)CC1(C(N)c2cnn(C)c2)CCCC1. The van der Waals surface area contributed by atoms with Crippen molar-refractivity contribution in [2.45, 2.75) is 52.0 Å². The number of aromatic nitrogens is 2. The summed E-state index contributed by atoms with van der Waals surface area (Å²) in [4.78, 5) is 0. The van der Waals surface area contributed by atoms with Gasteiger partial charge in [0.1, 0.15) is 0 Å². The van der Waals surface area contributed by atoms with Crippen molar-refractivity contribution in [1.29, 1.82) is 0 Å². The summed E-state index contributed by atoms with van der Waals surface area (Å²) in [6.45, 7) is 4.60. The Balaban J connectivity index is 2.21. The van der Waals surface area contributed by atoms with Gasteiger partial charge in [-0.25, -0.2) is 0 Å². The van der Waals surface area contributed by atoms with Gasteiger partial charge in [-0.15, -0.1) is 0 Å². The molecule has 0 amide bonds. The first kappa shape index (κ1) is 12.6. The molecule has 0 radical (unpaired) electrons. The highest BCUT2D eigenvalue weighted by atomic mass is 15.2. The first-order valence-corrected chi connectivity index (χ1v) is 6.78. The van der Waals surface area contributed by atoms with E-state index in [9.17, 15) is 0 Å². The normalized spacial score (nSPS) is 21.0. The van der Waals surface area contributed by atoms with Crippen LogP contribution in [0.2, 0.25) is 0 Å². The second kappa shape index (κ2) is 4.81. The predicted octanol–water partition coefficient (Wildman–Crippen LogP) is 3.03. The summed E-state index contributed by atoms with van der Waals surface area (Å²) in [6.07, 6.45) is 10.5. The molecule has 2 N–H and O–H groups in total. The third kappa shape index (κ3) is 2.54. The lowest BCUT2D eigenvalue weighted by atomic mass is 9.71. The zero-order chi connectivity index (χ0) is 12.5. The van der Waals surface area contributed by atoms with Crippen LogP contribution in [0.25, 0.3) is 0 Å². The van der Waals surface area contributed by atoms with Gasteiger partial charge < -0.3 is 5.73 Å². The van der Waals surface area contributed by atoms with Gasteiger partial charge in [-0.05, 0) is 30.6 Å². The van der Waals surface area contributed by atoms with Crippen molar-refractivity contribution in [3.05, 3.63) is 18.0 Å². The van der Waals surface area contributed by atoms with E-state index in [4.69, 9.17) is 5.73 Å². The van der Waals surface area contributed by atoms with E-state index in [-0.39, 0.29) is 6.04 Å². The molecule has 1 heterocycles. The average Bonchev–Trinajstić information content (AvgIpc) is 2.86. The Bertz CT molecular complexity index is 361. The van der Waals surface area contributed by atoms with Crippen LogP contribution in [0, 0.1) is 11.3 Å². The fourth-order valence-electron chi connectivity index (χ4n) is 3.49. The van der Waals surface area contributed by atoms with Gasteiger partial charge >= 0.3 is 0 Å². The lowest BCUT2D eigenvalue weighted by molar-refractivity contribution is 0.183. The van der Waals surface area contributed by atoms with E-state index in [2.05, 4.69) is 25.1 Å². The van der Waals surface area contributed by atoms with Crippen LogP contribution in [0.1, 0.15) is 57.6 Å². The predicted molar refractivity (Wildman–Crippen MR) is 70.5 cm³/mol. The van der Waals surface area contributed by atoms with Gasteiger partial charge in [-0.1, -0.05) is 26.7 Å². The molecule has 17 heavy (non-hydrogen) atoms. The third-order valence-corrected chi connectivity index (χ3v) is 4.16. The molecule has 1 atom stereocenters. The van der Waals surface area contributed by atoms with Crippen LogP contribution in [0.5, 0.6) is 0 Å². The molecule has 0 aliphatic heterocycles. The van der Waals surface area contributed by atoms with Crippen molar-refractivity contribution in [3.63, 3.8) is 0 Å². The molecule has 3 nitrogen and oxygen atoms in total. The number of rotatable bonds is 4. The zero-order valence-corrected chi connectivity index (χ0v) is 11.3. The van der Waals surface area contributed by atoms with Gasteiger partial charge in [-0.2, -0.15) is 5.10 Å². The quantitative estimate of drug-likeness (QED) is 0.871. The topological polar surface area (TPSA) is 43.8 Å². The Morgan fingerprint density at radius 3 is 2.53 bits per heavy atom. The minimum Gasteiger partial charge on any atom is -0.323 e. The van der Waals surface area contributed by atoms with Crippen LogP contribution in [0.4, 0.5) is 0 Å². The number of nitrogens with zero attached hydrogens (tertiary/aromatic N) is 2. The van der Waals surface area contributed by atoms with Crippen LogP contribution >= 0.6 is 0 Å². The largest absolute Gasteiger partial charge is 0.323 e. The summed E-state index contributed by atoms with van der Waals surface area (Å²) < 4.78 is 1.85. The van der Waals surface area contributed by atoms with E-state index in [0.717, 1.165) is 5.92 Å². The highest BCUT2D eigenvalue weighted by Crippen LogP contribution is 2.50. The van der Waals surface area contributed by atoms with Crippen molar-refractivity contribution in [3.8, 4) is 0 Å². The molecule has 1 aliphatic rings. The molecular formula is C14H25N3. The Hall–Kier alpha value is -0.830. The molecular weight excluding hydrogens is 210 g/mol. The molecule has 0 spiro atoms. The summed E-state index contributed by atoms with van der Waals surface area (Å²) in [5.74, 6) is 0.718. The molecule has 0 saturated heterocycles. The van der Waals surface area contributed by atoms with E-state index < -0.39 is 0 Å². The Kier molecular flexibility index (Phi) is 3.57.